The van der Waals surface area contributed by atoms with Crippen molar-refractivity contribution in [2.75, 3.05) is 0 Å². The van der Waals surface area contributed by atoms with Gasteiger partial charge in [-0.1, -0.05) is 13.0 Å². The fraction of sp³-hybridized carbons (Fsp3) is 0.357. The van der Waals surface area contributed by atoms with Crippen LogP contribution >= 0.6 is 0 Å². The van der Waals surface area contributed by atoms with Crippen molar-refractivity contribution in [3.8, 4) is 6.07 Å². The molecule has 0 aliphatic carbocycles. The SMILES string of the molecule is CCC(CC#N)NCc1ccc2[nH]ccc2c1. The molecule has 0 bridgehead atoms. The van der Waals surface area contributed by atoms with E-state index in [1.54, 1.807) is 0 Å². The maximum Gasteiger partial charge on any atom is 0.0638 e. The van der Waals surface area contributed by atoms with Crippen molar-refractivity contribution in [2.45, 2.75) is 32.4 Å². The van der Waals surface area contributed by atoms with Gasteiger partial charge in [-0.3, -0.25) is 0 Å². The Morgan fingerprint density at radius 3 is 3.06 bits per heavy atom. The molecule has 1 unspecified atom stereocenters. The first kappa shape index (κ1) is 11.7. The number of H-pyrrole nitrogens is 1. The molecule has 0 saturated heterocycles. The summed E-state index contributed by atoms with van der Waals surface area (Å²) >= 11 is 0. The zero-order valence-electron chi connectivity index (χ0n) is 10.0. The lowest BCUT2D eigenvalue weighted by atomic mass is 10.1. The van der Waals surface area contributed by atoms with E-state index in [0.717, 1.165) is 18.5 Å². The van der Waals surface area contributed by atoms with Crippen molar-refractivity contribution >= 4 is 10.9 Å². The lowest BCUT2D eigenvalue weighted by molar-refractivity contribution is 0.505. The van der Waals surface area contributed by atoms with Gasteiger partial charge in [0.2, 0.25) is 0 Å². The predicted molar refractivity (Wildman–Crippen MR) is 69.4 cm³/mol. The highest BCUT2D eigenvalue weighted by Crippen LogP contribution is 2.14. The van der Waals surface area contributed by atoms with E-state index in [2.05, 4.69) is 47.6 Å². The van der Waals surface area contributed by atoms with Gasteiger partial charge in [-0.15, -0.1) is 0 Å². The van der Waals surface area contributed by atoms with Crippen LogP contribution in [-0.4, -0.2) is 11.0 Å². The number of benzene rings is 1. The highest BCUT2D eigenvalue weighted by molar-refractivity contribution is 5.79. The van der Waals surface area contributed by atoms with Crippen LogP contribution < -0.4 is 5.32 Å². The quantitative estimate of drug-likeness (QED) is 0.825. The van der Waals surface area contributed by atoms with Gasteiger partial charge in [0.25, 0.3) is 0 Å². The highest BCUT2D eigenvalue weighted by Gasteiger charge is 2.04. The second kappa shape index (κ2) is 5.51. The van der Waals surface area contributed by atoms with Gasteiger partial charge in [0.1, 0.15) is 0 Å². The van der Waals surface area contributed by atoms with E-state index in [-0.39, 0.29) is 0 Å². The molecule has 3 heteroatoms. The lowest BCUT2D eigenvalue weighted by Crippen LogP contribution is -2.27. The summed E-state index contributed by atoms with van der Waals surface area (Å²) in [5.41, 5.74) is 2.42. The van der Waals surface area contributed by atoms with Crippen LogP contribution in [0.2, 0.25) is 0 Å². The van der Waals surface area contributed by atoms with Crippen LogP contribution in [0.5, 0.6) is 0 Å². The number of aromatic nitrogens is 1. The Bertz CT molecular complexity index is 521. The normalized spacial score (nSPS) is 12.5. The van der Waals surface area contributed by atoms with Crippen LogP contribution in [0.15, 0.2) is 30.5 Å². The van der Waals surface area contributed by atoms with Gasteiger partial charge in [-0.25, -0.2) is 0 Å². The zero-order valence-corrected chi connectivity index (χ0v) is 10.0. The van der Waals surface area contributed by atoms with Gasteiger partial charge >= 0.3 is 0 Å². The Morgan fingerprint density at radius 2 is 2.29 bits per heavy atom. The second-order valence-electron chi connectivity index (χ2n) is 4.25. The summed E-state index contributed by atoms with van der Waals surface area (Å²) in [4.78, 5) is 3.18. The van der Waals surface area contributed by atoms with Crippen molar-refractivity contribution < 1.29 is 0 Å². The van der Waals surface area contributed by atoms with E-state index in [1.165, 1.54) is 10.9 Å². The van der Waals surface area contributed by atoms with Crippen molar-refractivity contribution in [1.29, 1.82) is 5.26 Å². The largest absolute Gasteiger partial charge is 0.361 e. The summed E-state index contributed by atoms with van der Waals surface area (Å²) in [7, 11) is 0. The molecule has 2 N–H and O–H groups in total. The number of aromatic amines is 1. The van der Waals surface area contributed by atoms with Crippen molar-refractivity contribution in [2.24, 2.45) is 0 Å². The van der Waals surface area contributed by atoms with Gasteiger partial charge < -0.3 is 10.3 Å². The van der Waals surface area contributed by atoms with E-state index >= 15 is 0 Å². The van der Waals surface area contributed by atoms with Gasteiger partial charge in [0.15, 0.2) is 0 Å². The molecule has 1 heterocycles. The number of nitrogens with one attached hydrogen (secondary N) is 2. The van der Waals surface area contributed by atoms with E-state index in [0.29, 0.717) is 12.5 Å². The number of fused-ring (bicyclic) bond motifs is 1. The number of hydrogen-bond acceptors (Lipinski definition) is 2. The van der Waals surface area contributed by atoms with Gasteiger partial charge in [-0.2, -0.15) is 5.26 Å². The van der Waals surface area contributed by atoms with Gasteiger partial charge in [-0.05, 0) is 35.6 Å². The van der Waals surface area contributed by atoms with Crippen LogP contribution in [-0.2, 0) is 6.54 Å². The predicted octanol–water partition coefficient (Wildman–Crippen LogP) is 2.95. The Labute approximate surface area is 101 Å². The molecule has 1 aromatic carbocycles. The molecule has 0 fully saturated rings. The van der Waals surface area contributed by atoms with Gasteiger partial charge in [0, 0.05) is 24.3 Å². The Balaban J connectivity index is 2.00. The van der Waals surface area contributed by atoms with Gasteiger partial charge in [0.05, 0.1) is 12.5 Å². The molecule has 0 aliphatic heterocycles. The zero-order chi connectivity index (χ0) is 12.1. The molecule has 2 rings (SSSR count). The summed E-state index contributed by atoms with van der Waals surface area (Å²) in [6, 6.07) is 11.0. The van der Waals surface area contributed by atoms with E-state index in [1.807, 2.05) is 6.20 Å². The first-order valence-electron chi connectivity index (χ1n) is 6.00. The van der Waals surface area contributed by atoms with Crippen molar-refractivity contribution in [1.82, 2.24) is 10.3 Å². The lowest BCUT2D eigenvalue weighted by Gasteiger charge is -2.13. The molecular weight excluding hydrogens is 210 g/mol. The molecule has 0 spiro atoms. The number of hydrogen-bond donors (Lipinski definition) is 2. The Kier molecular flexibility index (Phi) is 3.79. The molecule has 2 aromatic rings. The van der Waals surface area contributed by atoms with E-state index in [4.69, 9.17) is 5.26 Å². The molecule has 0 amide bonds. The van der Waals surface area contributed by atoms with Crippen molar-refractivity contribution in [3.63, 3.8) is 0 Å². The minimum atomic E-state index is 0.293. The fourth-order valence-corrected chi connectivity index (χ4v) is 1.95. The molecule has 17 heavy (non-hydrogen) atoms. The van der Waals surface area contributed by atoms with Crippen LogP contribution in [0.3, 0.4) is 0 Å². The third-order valence-corrected chi connectivity index (χ3v) is 3.04. The Morgan fingerprint density at radius 1 is 1.41 bits per heavy atom. The first-order valence-corrected chi connectivity index (χ1v) is 6.00. The minimum Gasteiger partial charge on any atom is -0.361 e. The third kappa shape index (κ3) is 2.86. The molecule has 88 valence electrons. The van der Waals surface area contributed by atoms with Crippen LogP contribution in [0.1, 0.15) is 25.3 Å². The maximum atomic E-state index is 8.68. The second-order valence-corrected chi connectivity index (χ2v) is 4.25. The van der Waals surface area contributed by atoms with E-state index in [9.17, 15) is 0 Å². The Hall–Kier alpha value is -1.79. The average molecular weight is 227 g/mol. The fourth-order valence-electron chi connectivity index (χ4n) is 1.95. The standard InChI is InChI=1S/C14H17N3/c1-2-13(5-7-15)17-10-11-3-4-14-12(9-11)6-8-16-14/h3-4,6,8-9,13,16-17H,2,5,10H2,1H3. The summed E-state index contributed by atoms with van der Waals surface area (Å²) in [6.07, 6.45) is 3.51. The monoisotopic (exact) mass is 227 g/mol. The summed E-state index contributed by atoms with van der Waals surface area (Å²) in [5, 5.41) is 13.3. The third-order valence-electron chi connectivity index (χ3n) is 3.04. The molecule has 0 aliphatic rings. The summed E-state index contributed by atoms with van der Waals surface area (Å²) in [6.45, 7) is 2.92. The smallest absolute Gasteiger partial charge is 0.0638 e. The first-order chi connectivity index (χ1) is 8.33. The topological polar surface area (TPSA) is 51.6 Å². The van der Waals surface area contributed by atoms with Crippen molar-refractivity contribution in [3.05, 3.63) is 36.0 Å². The molecular formula is C14H17N3. The summed E-state index contributed by atoms with van der Waals surface area (Å²) in [5.74, 6) is 0. The minimum absolute atomic E-state index is 0.293. The van der Waals surface area contributed by atoms with Crippen LogP contribution in [0, 0.1) is 11.3 Å². The van der Waals surface area contributed by atoms with Crippen LogP contribution in [0.4, 0.5) is 0 Å². The number of nitrogens with zero attached hydrogens (tertiary/aromatic N) is 1. The number of rotatable bonds is 5. The molecule has 0 saturated carbocycles. The molecule has 1 aromatic heterocycles. The molecule has 3 nitrogen and oxygen atoms in total. The highest BCUT2D eigenvalue weighted by atomic mass is 14.9. The summed E-state index contributed by atoms with van der Waals surface area (Å²) < 4.78 is 0. The maximum absolute atomic E-state index is 8.68. The number of nitriles is 1. The molecule has 1 atom stereocenters. The van der Waals surface area contributed by atoms with Crippen LogP contribution in [0.25, 0.3) is 10.9 Å². The average Bonchev–Trinajstić information content (AvgIpc) is 2.81. The molecule has 0 radical (unpaired) electrons. The van der Waals surface area contributed by atoms with E-state index < -0.39 is 0 Å².